The van der Waals surface area contributed by atoms with Crippen LogP contribution in [0.4, 0.5) is 5.69 Å². The molecule has 0 saturated carbocycles. The molecule has 0 N–H and O–H groups in total. The quantitative estimate of drug-likeness (QED) is 0.851. The minimum atomic E-state index is 0.0753. The van der Waals surface area contributed by atoms with Gasteiger partial charge in [0, 0.05) is 25.5 Å². The van der Waals surface area contributed by atoms with Gasteiger partial charge >= 0.3 is 0 Å². The zero-order valence-electron chi connectivity index (χ0n) is 13.0. The van der Waals surface area contributed by atoms with Gasteiger partial charge in [0.25, 0.3) is 0 Å². The summed E-state index contributed by atoms with van der Waals surface area (Å²) in [5, 5.41) is 4.23. The number of aryl methyl sites for hydroxylation is 1. The zero-order valence-corrected chi connectivity index (χ0v) is 13.8. The van der Waals surface area contributed by atoms with Gasteiger partial charge in [-0.15, -0.1) is 11.8 Å². The summed E-state index contributed by atoms with van der Waals surface area (Å²) in [5.74, 6) is 1.66. The third-order valence-corrected chi connectivity index (χ3v) is 5.61. The number of benzene rings is 1. The molecule has 22 heavy (non-hydrogen) atoms. The Bertz CT molecular complexity index is 640. The third kappa shape index (κ3) is 3.19. The lowest BCUT2D eigenvalue weighted by Crippen LogP contribution is -2.28. The lowest BCUT2D eigenvalue weighted by Gasteiger charge is -2.16. The minimum absolute atomic E-state index is 0.0753. The molecule has 2 aromatic rings. The van der Waals surface area contributed by atoms with E-state index in [1.165, 1.54) is 5.56 Å². The molecule has 116 valence electrons. The van der Waals surface area contributed by atoms with Crippen molar-refractivity contribution in [2.24, 2.45) is 7.05 Å². The van der Waals surface area contributed by atoms with Crippen molar-refractivity contribution < 1.29 is 4.79 Å². The van der Waals surface area contributed by atoms with E-state index in [0.29, 0.717) is 5.92 Å². The Hall–Kier alpha value is -1.75. The first-order valence-electron chi connectivity index (χ1n) is 7.61. The fourth-order valence-electron chi connectivity index (χ4n) is 2.75. The molecule has 0 bridgehead atoms. The van der Waals surface area contributed by atoms with Crippen LogP contribution in [-0.4, -0.2) is 33.2 Å². The van der Waals surface area contributed by atoms with Crippen molar-refractivity contribution in [1.82, 2.24) is 9.78 Å². The standard InChI is InChI=1S/C17H21N3OS/c1-13(14-6-4-3-5-7-14)12-22-16-8-9-20(17(16)21)15-10-18-19(2)11-15/h3-7,10-11,13,16H,8-9,12H2,1-2H3/t13-,16-/m0/s1. The second kappa shape index (κ2) is 6.57. The number of hydrogen-bond donors (Lipinski definition) is 0. The molecule has 3 rings (SSSR count). The Kier molecular flexibility index (Phi) is 4.52. The average molecular weight is 315 g/mol. The number of thioether (sulfide) groups is 1. The maximum atomic E-state index is 12.5. The SMILES string of the molecule is C[C@@H](CS[C@H]1CCN(c2cnn(C)c2)C1=O)c1ccccc1. The van der Waals surface area contributed by atoms with Gasteiger partial charge in [0.05, 0.1) is 17.1 Å². The average Bonchev–Trinajstić information content (AvgIpc) is 3.12. The first kappa shape index (κ1) is 15.2. The van der Waals surface area contributed by atoms with Crippen LogP contribution < -0.4 is 4.90 Å². The monoisotopic (exact) mass is 315 g/mol. The van der Waals surface area contributed by atoms with Gasteiger partial charge in [0.15, 0.2) is 0 Å². The number of carbonyl (C=O) groups excluding carboxylic acids is 1. The van der Waals surface area contributed by atoms with Crippen LogP contribution in [0.5, 0.6) is 0 Å². The molecule has 0 radical (unpaired) electrons. The predicted octanol–water partition coefficient (Wildman–Crippen LogP) is 3.06. The molecule has 4 nitrogen and oxygen atoms in total. The summed E-state index contributed by atoms with van der Waals surface area (Å²) in [5.41, 5.74) is 2.25. The van der Waals surface area contributed by atoms with E-state index in [4.69, 9.17) is 0 Å². The predicted molar refractivity (Wildman–Crippen MR) is 91.3 cm³/mol. The fraction of sp³-hybridized carbons (Fsp3) is 0.412. The van der Waals surface area contributed by atoms with E-state index in [-0.39, 0.29) is 11.2 Å². The molecular weight excluding hydrogens is 294 g/mol. The topological polar surface area (TPSA) is 38.1 Å². The van der Waals surface area contributed by atoms with Crippen LogP contribution in [-0.2, 0) is 11.8 Å². The molecule has 1 amide bonds. The lowest BCUT2D eigenvalue weighted by atomic mass is 10.0. The van der Waals surface area contributed by atoms with E-state index in [9.17, 15) is 4.79 Å². The molecule has 0 spiro atoms. The van der Waals surface area contributed by atoms with Crippen LogP contribution in [0.2, 0.25) is 0 Å². The maximum Gasteiger partial charge on any atom is 0.240 e. The van der Waals surface area contributed by atoms with Crippen LogP contribution in [0, 0.1) is 0 Å². The summed E-state index contributed by atoms with van der Waals surface area (Å²) in [7, 11) is 1.87. The summed E-state index contributed by atoms with van der Waals surface area (Å²) in [6.07, 6.45) is 4.58. The fourth-order valence-corrected chi connectivity index (χ4v) is 4.01. The minimum Gasteiger partial charge on any atom is -0.308 e. The molecule has 0 unspecified atom stereocenters. The molecule has 1 fully saturated rings. The van der Waals surface area contributed by atoms with Gasteiger partial charge < -0.3 is 4.90 Å². The van der Waals surface area contributed by atoms with Crippen LogP contribution in [0.25, 0.3) is 0 Å². The van der Waals surface area contributed by atoms with Crippen molar-refractivity contribution in [3.05, 3.63) is 48.3 Å². The van der Waals surface area contributed by atoms with Crippen molar-refractivity contribution in [1.29, 1.82) is 0 Å². The Balaban J connectivity index is 1.57. The van der Waals surface area contributed by atoms with Gasteiger partial charge in [0.1, 0.15) is 0 Å². The van der Waals surface area contributed by atoms with Gasteiger partial charge in [-0.25, -0.2) is 0 Å². The van der Waals surface area contributed by atoms with Crippen molar-refractivity contribution in [3.63, 3.8) is 0 Å². The number of carbonyl (C=O) groups is 1. The van der Waals surface area contributed by atoms with Crippen molar-refractivity contribution in [2.75, 3.05) is 17.2 Å². The summed E-state index contributed by atoms with van der Waals surface area (Å²) in [6, 6.07) is 10.5. The molecule has 2 atom stereocenters. The number of amides is 1. The van der Waals surface area contributed by atoms with E-state index in [0.717, 1.165) is 24.4 Å². The largest absolute Gasteiger partial charge is 0.308 e. The third-order valence-electron chi connectivity index (χ3n) is 4.08. The highest BCUT2D eigenvalue weighted by atomic mass is 32.2. The number of aromatic nitrogens is 2. The van der Waals surface area contributed by atoms with Crippen LogP contribution in [0.3, 0.4) is 0 Å². The zero-order chi connectivity index (χ0) is 15.5. The van der Waals surface area contributed by atoms with Gasteiger partial charge in [0.2, 0.25) is 5.91 Å². The molecule has 1 aromatic heterocycles. The van der Waals surface area contributed by atoms with Crippen molar-refractivity contribution in [2.45, 2.75) is 24.5 Å². The van der Waals surface area contributed by atoms with Gasteiger partial charge in [-0.3, -0.25) is 9.48 Å². The summed E-state index contributed by atoms with van der Waals surface area (Å²) < 4.78 is 1.74. The van der Waals surface area contributed by atoms with Gasteiger partial charge in [-0.1, -0.05) is 37.3 Å². The maximum absolute atomic E-state index is 12.5. The smallest absolute Gasteiger partial charge is 0.240 e. The molecule has 5 heteroatoms. The van der Waals surface area contributed by atoms with Crippen molar-refractivity contribution in [3.8, 4) is 0 Å². The molecule has 1 aliphatic heterocycles. The Morgan fingerprint density at radius 1 is 1.36 bits per heavy atom. The van der Waals surface area contributed by atoms with Gasteiger partial charge in [-0.05, 0) is 17.9 Å². The summed E-state index contributed by atoms with van der Waals surface area (Å²) in [4.78, 5) is 14.4. The normalized spacial score (nSPS) is 19.6. The van der Waals surface area contributed by atoms with Crippen LogP contribution in [0.15, 0.2) is 42.7 Å². The molecule has 1 saturated heterocycles. The van der Waals surface area contributed by atoms with E-state index < -0.39 is 0 Å². The van der Waals surface area contributed by atoms with E-state index in [1.807, 2.05) is 24.2 Å². The Morgan fingerprint density at radius 2 is 2.14 bits per heavy atom. The highest BCUT2D eigenvalue weighted by molar-refractivity contribution is 8.00. The molecule has 2 heterocycles. The van der Waals surface area contributed by atoms with Gasteiger partial charge in [-0.2, -0.15) is 5.10 Å². The summed E-state index contributed by atoms with van der Waals surface area (Å²) in [6.45, 7) is 3.02. The van der Waals surface area contributed by atoms with E-state index in [1.54, 1.807) is 22.6 Å². The number of rotatable bonds is 5. The molecule has 1 aromatic carbocycles. The number of hydrogen-bond acceptors (Lipinski definition) is 3. The molecule has 1 aliphatic rings. The highest BCUT2D eigenvalue weighted by Crippen LogP contribution is 2.31. The van der Waals surface area contributed by atoms with Crippen LogP contribution in [0.1, 0.15) is 24.8 Å². The highest BCUT2D eigenvalue weighted by Gasteiger charge is 2.33. The second-order valence-corrected chi connectivity index (χ2v) is 7.02. The summed E-state index contributed by atoms with van der Waals surface area (Å²) >= 11 is 1.78. The first-order chi connectivity index (χ1) is 10.6. The molecular formula is C17H21N3OS. The lowest BCUT2D eigenvalue weighted by molar-refractivity contribution is -0.116. The molecule has 0 aliphatic carbocycles. The Morgan fingerprint density at radius 3 is 2.82 bits per heavy atom. The van der Waals surface area contributed by atoms with Crippen molar-refractivity contribution >= 4 is 23.4 Å². The number of nitrogens with zero attached hydrogens (tertiary/aromatic N) is 3. The number of anilines is 1. The van der Waals surface area contributed by atoms with E-state index >= 15 is 0 Å². The van der Waals surface area contributed by atoms with E-state index in [2.05, 4.69) is 36.3 Å². The Labute approximate surface area is 135 Å². The second-order valence-electron chi connectivity index (χ2n) is 5.78. The first-order valence-corrected chi connectivity index (χ1v) is 8.66. The van der Waals surface area contributed by atoms with Crippen LogP contribution >= 0.6 is 11.8 Å².